The number of likely N-dealkylation sites (tertiary alicyclic amines) is 1. The second-order valence-corrected chi connectivity index (χ2v) is 5.42. The van der Waals surface area contributed by atoms with Crippen molar-refractivity contribution in [2.45, 2.75) is 25.7 Å². The molecule has 1 aromatic carbocycles. The van der Waals surface area contributed by atoms with Crippen molar-refractivity contribution >= 4 is 23.2 Å². The molecule has 2 N–H and O–H groups in total. The van der Waals surface area contributed by atoms with Gasteiger partial charge in [-0.2, -0.15) is 0 Å². The zero-order chi connectivity index (χ0) is 14.1. The smallest absolute Gasteiger partial charge is 0.229 e. The van der Waals surface area contributed by atoms with Gasteiger partial charge in [0.1, 0.15) is 0 Å². The molecule has 2 aliphatic rings. The highest BCUT2D eigenvalue weighted by molar-refractivity contribution is 6.01. The van der Waals surface area contributed by atoms with E-state index >= 15 is 0 Å². The van der Waals surface area contributed by atoms with Gasteiger partial charge in [-0.1, -0.05) is 0 Å². The van der Waals surface area contributed by atoms with Crippen LogP contribution in [0.15, 0.2) is 18.2 Å². The van der Waals surface area contributed by atoms with Gasteiger partial charge in [-0.15, -0.1) is 0 Å². The summed E-state index contributed by atoms with van der Waals surface area (Å²) in [5, 5.41) is 0. The number of benzene rings is 1. The number of carbonyl (C=O) groups is 2. The number of hydrogen-bond acceptors (Lipinski definition) is 4. The molecule has 0 saturated carbocycles. The number of amides is 2. The van der Waals surface area contributed by atoms with Crippen LogP contribution in [0.1, 0.15) is 24.8 Å². The number of nitrogens with two attached hydrogens (primary N) is 1. The van der Waals surface area contributed by atoms with Crippen LogP contribution in [-0.2, 0) is 16.0 Å². The van der Waals surface area contributed by atoms with Crippen LogP contribution in [0.4, 0.5) is 11.4 Å². The Kier molecular flexibility index (Phi) is 3.34. The Balaban J connectivity index is 1.70. The van der Waals surface area contributed by atoms with Crippen LogP contribution in [-0.4, -0.2) is 36.3 Å². The average molecular weight is 273 g/mol. The number of hydrogen-bond donors (Lipinski definition) is 1. The second kappa shape index (κ2) is 5.15. The maximum atomic E-state index is 11.6. The molecular weight excluding hydrogens is 254 g/mol. The minimum Gasteiger partial charge on any atom is -0.399 e. The first kappa shape index (κ1) is 13.0. The quantitative estimate of drug-likeness (QED) is 0.663. The minimum absolute atomic E-state index is 0.0375. The van der Waals surface area contributed by atoms with Gasteiger partial charge in [0.05, 0.1) is 0 Å². The predicted octanol–water partition coefficient (Wildman–Crippen LogP) is 1.17. The zero-order valence-electron chi connectivity index (χ0n) is 11.5. The molecule has 20 heavy (non-hydrogen) atoms. The van der Waals surface area contributed by atoms with Crippen molar-refractivity contribution < 1.29 is 9.59 Å². The van der Waals surface area contributed by atoms with E-state index in [2.05, 4.69) is 4.90 Å². The molecule has 0 spiro atoms. The molecule has 5 heteroatoms. The standard InChI is InChI=1S/C15H19N3O2/c16-12-3-4-13-11(10-12)2-1-7-17(13)8-9-18-14(19)5-6-15(18)20/h3-4,10H,1-2,5-9,16H2. The molecule has 1 fully saturated rings. The van der Waals surface area contributed by atoms with Crippen LogP contribution < -0.4 is 10.6 Å². The number of carbonyl (C=O) groups excluding carboxylic acids is 2. The summed E-state index contributed by atoms with van der Waals surface area (Å²) < 4.78 is 0. The normalized spacial score (nSPS) is 18.6. The Labute approximate surface area is 118 Å². The molecule has 0 atom stereocenters. The van der Waals surface area contributed by atoms with Crippen LogP contribution in [0.2, 0.25) is 0 Å². The monoisotopic (exact) mass is 273 g/mol. The van der Waals surface area contributed by atoms with Gasteiger partial charge in [-0.05, 0) is 36.6 Å². The minimum atomic E-state index is -0.0375. The van der Waals surface area contributed by atoms with Crippen molar-refractivity contribution in [1.82, 2.24) is 4.90 Å². The lowest BCUT2D eigenvalue weighted by Crippen LogP contribution is -2.39. The van der Waals surface area contributed by atoms with Crippen LogP contribution in [0.5, 0.6) is 0 Å². The highest BCUT2D eigenvalue weighted by Crippen LogP contribution is 2.28. The number of rotatable bonds is 3. The van der Waals surface area contributed by atoms with Crippen LogP contribution in [0.25, 0.3) is 0 Å². The Bertz CT molecular complexity index is 540. The van der Waals surface area contributed by atoms with Crippen molar-refractivity contribution in [1.29, 1.82) is 0 Å². The topological polar surface area (TPSA) is 66.6 Å². The summed E-state index contributed by atoms with van der Waals surface area (Å²) in [7, 11) is 0. The third-order valence-electron chi connectivity index (χ3n) is 4.07. The average Bonchev–Trinajstić information content (AvgIpc) is 2.75. The van der Waals surface area contributed by atoms with E-state index in [1.54, 1.807) is 0 Å². The molecule has 3 rings (SSSR count). The number of imide groups is 1. The van der Waals surface area contributed by atoms with E-state index in [4.69, 9.17) is 5.73 Å². The number of nitrogens with zero attached hydrogens (tertiary/aromatic N) is 2. The molecule has 0 bridgehead atoms. The Hall–Kier alpha value is -2.04. The molecule has 1 saturated heterocycles. The maximum absolute atomic E-state index is 11.6. The third-order valence-corrected chi connectivity index (χ3v) is 4.07. The van der Waals surface area contributed by atoms with Gasteiger partial charge < -0.3 is 10.6 Å². The summed E-state index contributed by atoms with van der Waals surface area (Å²) in [6, 6.07) is 5.97. The molecular formula is C15H19N3O2. The second-order valence-electron chi connectivity index (χ2n) is 5.42. The van der Waals surface area contributed by atoms with E-state index in [-0.39, 0.29) is 11.8 Å². The summed E-state index contributed by atoms with van der Waals surface area (Å²) >= 11 is 0. The van der Waals surface area contributed by atoms with Crippen LogP contribution in [0.3, 0.4) is 0 Å². The molecule has 5 nitrogen and oxygen atoms in total. The van der Waals surface area contributed by atoms with Crippen LogP contribution in [0, 0.1) is 0 Å². The Morgan fingerprint density at radius 2 is 1.80 bits per heavy atom. The maximum Gasteiger partial charge on any atom is 0.229 e. The highest BCUT2D eigenvalue weighted by atomic mass is 16.2. The molecule has 0 radical (unpaired) electrons. The molecule has 106 valence electrons. The molecule has 2 amide bonds. The van der Waals surface area contributed by atoms with E-state index in [0.717, 1.165) is 25.1 Å². The fraction of sp³-hybridized carbons (Fsp3) is 0.467. The fourth-order valence-electron chi connectivity index (χ4n) is 3.02. The number of anilines is 2. The zero-order valence-corrected chi connectivity index (χ0v) is 11.5. The summed E-state index contributed by atoms with van der Waals surface area (Å²) in [6.45, 7) is 2.16. The van der Waals surface area contributed by atoms with E-state index in [1.807, 2.05) is 18.2 Å². The van der Waals surface area contributed by atoms with Crippen LogP contribution >= 0.6 is 0 Å². The first-order chi connectivity index (χ1) is 9.65. The molecule has 0 aliphatic carbocycles. The van der Waals surface area contributed by atoms with Crippen molar-refractivity contribution in [2.24, 2.45) is 0 Å². The van der Waals surface area contributed by atoms with Gasteiger partial charge in [0.15, 0.2) is 0 Å². The summed E-state index contributed by atoms with van der Waals surface area (Å²) in [6.07, 6.45) is 2.86. The molecule has 2 heterocycles. The summed E-state index contributed by atoms with van der Waals surface area (Å²) in [5.74, 6) is -0.0749. The fourth-order valence-corrected chi connectivity index (χ4v) is 3.02. The molecule has 2 aliphatic heterocycles. The van der Waals surface area contributed by atoms with E-state index in [9.17, 15) is 9.59 Å². The van der Waals surface area contributed by atoms with Crippen molar-refractivity contribution in [3.05, 3.63) is 23.8 Å². The van der Waals surface area contributed by atoms with Gasteiger partial charge in [0.25, 0.3) is 0 Å². The number of nitrogen functional groups attached to an aromatic ring is 1. The molecule has 0 unspecified atom stereocenters. The number of aryl methyl sites for hydroxylation is 1. The predicted molar refractivity (Wildman–Crippen MR) is 77.3 cm³/mol. The lowest BCUT2D eigenvalue weighted by molar-refractivity contribution is -0.138. The molecule has 1 aromatic rings. The SMILES string of the molecule is Nc1ccc2c(c1)CCCN2CCN1C(=O)CCC1=O. The van der Waals surface area contributed by atoms with Gasteiger partial charge in [0, 0.05) is 43.9 Å². The van der Waals surface area contributed by atoms with Gasteiger partial charge in [-0.3, -0.25) is 14.5 Å². The third kappa shape index (κ3) is 2.35. The Morgan fingerprint density at radius 3 is 2.55 bits per heavy atom. The lowest BCUT2D eigenvalue weighted by Gasteiger charge is -2.32. The summed E-state index contributed by atoms with van der Waals surface area (Å²) in [5.41, 5.74) is 9.05. The first-order valence-electron chi connectivity index (χ1n) is 7.12. The lowest BCUT2D eigenvalue weighted by atomic mass is 10.0. The van der Waals surface area contributed by atoms with Crippen molar-refractivity contribution in [2.75, 3.05) is 30.3 Å². The largest absolute Gasteiger partial charge is 0.399 e. The highest BCUT2D eigenvalue weighted by Gasteiger charge is 2.29. The molecule has 0 aromatic heterocycles. The van der Waals surface area contributed by atoms with Gasteiger partial charge >= 0.3 is 0 Å². The summed E-state index contributed by atoms with van der Waals surface area (Å²) in [4.78, 5) is 26.9. The van der Waals surface area contributed by atoms with E-state index < -0.39 is 0 Å². The Morgan fingerprint density at radius 1 is 1.05 bits per heavy atom. The van der Waals surface area contributed by atoms with Gasteiger partial charge in [-0.25, -0.2) is 0 Å². The first-order valence-corrected chi connectivity index (χ1v) is 7.12. The van der Waals surface area contributed by atoms with Gasteiger partial charge in [0.2, 0.25) is 11.8 Å². The number of fused-ring (bicyclic) bond motifs is 1. The van der Waals surface area contributed by atoms with Crippen molar-refractivity contribution in [3.63, 3.8) is 0 Å². The van der Waals surface area contributed by atoms with E-state index in [1.165, 1.54) is 16.2 Å². The van der Waals surface area contributed by atoms with E-state index in [0.29, 0.717) is 25.9 Å². The van der Waals surface area contributed by atoms with Crippen molar-refractivity contribution in [3.8, 4) is 0 Å².